The van der Waals surface area contributed by atoms with Crippen LogP contribution in [0.4, 0.5) is 0 Å². The Labute approximate surface area is 401 Å². The molecule has 13 rings (SSSR count). The molecule has 0 aliphatic carbocycles. The van der Waals surface area contributed by atoms with Crippen molar-refractivity contribution in [3.63, 3.8) is 0 Å². The highest BCUT2D eigenvalue weighted by Gasteiger charge is 2.23. The van der Waals surface area contributed by atoms with Gasteiger partial charge in [0, 0.05) is 82.5 Å². The first-order valence-corrected chi connectivity index (χ1v) is 23.7. The molecule has 0 bridgehead atoms. The molecule has 0 radical (unpaired) electrons. The van der Waals surface area contributed by atoms with Crippen LogP contribution in [0.25, 0.3) is 133 Å². The Morgan fingerprint density at radius 2 is 0.667 bits per heavy atom. The molecule has 0 saturated carbocycles. The van der Waals surface area contributed by atoms with Gasteiger partial charge in [0.15, 0.2) is 34.9 Å². The lowest BCUT2D eigenvalue weighted by Gasteiger charge is -2.12. The number of rotatable bonds is 8. The highest BCUT2D eigenvalue weighted by atomic mass is 32.1. The smallest absolute Gasteiger partial charge is 0.164 e. The summed E-state index contributed by atoms with van der Waals surface area (Å²) in [6.45, 7) is 0. The largest absolute Gasteiger partial charge is 0.343 e. The Bertz CT molecular complexity index is 3920. The van der Waals surface area contributed by atoms with E-state index in [1.54, 1.807) is 0 Å². The van der Waals surface area contributed by atoms with Gasteiger partial charge in [-0.2, -0.15) is 0 Å². The van der Waals surface area contributed by atoms with Crippen molar-refractivity contribution >= 4 is 53.3 Å². The average Bonchev–Trinajstić information content (AvgIpc) is 3.96. The van der Waals surface area contributed by atoms with E-state index < -0.39 is 0 Å². The number of para-hydroxylation sites is 1. The molecule has 69 heavy (non-hydrogen) atoms. The zero-order chi connectivity index (χ0) is 45.8. The van der Waals surface area contributed by atoms with Crippen LogP contribution in [0, 0.1) is 0 Å². The molecular weight excluding hydrogens is 863 g/mol. The molecule has 8 heteroatoms. The van der Waals surface area contributed by atoms with Gasteiger partial charge < -0.3 is 4.57 Å². The van der Waals surface area contributed by atoms with Gasteiger partial charge in [0.2, 0.25) is 0 Å². The van der Waals surface area contributed by atoms with Crippen molar-refractivity contribution in [1.29, 1.82) is 0 Å². The zero-order valence-corrected chi connectivity index (χ0v) is 38.1. The summed E-state index contributed by atoms with van der Waals surface area (Å²) in [7, 11) is 2.21. The van der Waals surface area contributed by atoms with Crippen LogP contribution in [-0.2, 0) is 7.05 Å². The van der Waals surface area contributed by atoms with Gasteiger partial charge in [0.1, 0.15) is 0 Å². The summed E-state index contributed by atoms with van der Waals surface area (Å²) in [5.74, 6) is 3.82. The summed E-state index contributed by atoms with van der Waals surface area (Å²) in [6, 6.07) is 75.6. The Hall–Kier alpha value is -8.98. The minimum atomic E-state index is 0.628. The SMILES string of the molecule is Cn1c2c(-c3ccc(-c4nc(-c5ccccc5)nc(-c5ccccc5)n4)cc3)cccc2c2c3sc4ccccc4c3cc(-c3ccc(-c4nc(-c5ccccc5)nc(-c5ccccc5)n4)cc3)c21. The van der Waals surface area contributed by atoms with Gasteiger partial charge in [-0.05, 0) is 23.3 Å². The van der Waals surface area contributed by atoms with Crippen LogP contribution in [0.2, 0.25) is 0 Å². The molecule has 0 aliphatic rings. The lowest BCUT2D eigenvalue weighted by atomic mass is 9.97. The van der Waals surface area contributed by atoms with Gasteiger partial charge in [-0.1, -0.05) is 206 Å². The summed E-state index contributed by atoms with van der Waals surface area (Å²) in [4.78, 5) is 29.9. The Morgan fingerprint density at radius 3 is 1.12 bits per heavy atom. The predicted molar refractivity (Wildman–Crippen MR) is 284 cm³/mol. The maximum Gasteiger partial charge on any atom is 0.164 e. The Balaban J connectivity index is 0.946. The minimum absolute atomic E-state index is 0.628. The molecule has 4 aromatic heterocycles. The molecule has 9 aromatic carbocycles. The lowest BCUT2D eigenvalue weighted by Crippen LogP contribution is -2.00. The number of hydrogen-bond acceptors (Lipinski definition) is 7. The molecule has 0 fully saturated rings. The number of aromatic nitrogens is 7. The summed E-state index contributed by atoms with van der Waals surface area (Å²) >= 11 is 1.87. The normalized spacial score (nSPS) is 11.6. The molecule has 7 nitrogen and oxygen atoms in total. The minimum Gasteiger partial charge on any atom is -0.343 e. The van der Waals surface area contributed by atoms with Gasteiger partial charge >= 0.3 is 0 Å². The first-order chi connectivity index (χ1) is 34.1. The third-order valence-corrected chi connectivity index (χ3v) is 14.1. The lowest BCUT2D eigenvalue weighted by molar-refractivity contribution is 1.02. The van der Waals surface area contributed by atoms with Crippen molar-refractivity contribution in [3.8, 4) is 90.6 Å². The molecule has 0 unspecified atom stereocenters. The fraction of sp³-hybridized carbons (Fsp3) is 0.0164. The first-order valence-electron chi connectivity index (χ1n) is 22.9. The third-order valence-electron chi connectivity index (χ3n) is 12.9. The van der Waals surface area contributed by atoms with Gasteiger partial charge in [-0.25, -0.2) is 29.9 Å². The molecule has 4 heterocycles. The summed E-state index contributed by atoms with van der Waals surface area (Å²) < 4.78 is 4.96. The average molecular weight is 902 g/mol. The molecule has 13 aromatic rings. The number of nitrogens with zero attached hydrogens (tertiary/aromatic N) is 7. The number of fused-ring (bicyclic) bond motifs is 7. The van der Waals surface area contributed by atoms with Crippen molar-refractivity contribution in [1.82, 2.24) is 34.5 Å². The van der Waals surface area contributed by atoms with E-state index in [-0.39, 0.29) is 0 Å². The topological polar surface area (TPSA) is 82.3 Å². The fourth-order valence-electron chi connectivity index (χ4n) is 9.59. The van der Waals surface area contributed by atoms with Crippen molar-refractivity contribution in [2.24, 2.45) is 7.05 Å². The standard InChI is InChI=1S/C61H39N7S/c1-68-53-46(38-29-33-44(34-30-38)60-64-56(40-17-6-2-7-18-40)62-57(65-60)41-19-8-3-9-20-41)26-16-27-48(53)52-54(68)49(37-50-47-25-14-15-28-51(47)69-55(50)52)39-31-35-45(36-32-39)61-66-58(42-21-10-4-11-22-42)63-59(67-61)43-23-12-5-13-24-43/h2-37H,1H3. The van der Waals surface area contributed by atoms with Gasteiger partial charge in [-0.15, -0.1) is 11.3 Å². The second kappa shape index (κ2) is 16.7. The summed E-state index contributed by atoms with van der Waals surface area (Å²) in [5.41, 5.74) is 12.5. The van der Waals surface area contributed by atoms with Crippen LogP contribution in [0.15, 0.2) is 218 Å². The van der Waals surface area contributed by atoms with Crippen LogP contribution in [0.1, 0.15) is 0 Å². The second-order valence-corrected chi connectivity index (χ2v) is 18.2. The van der Waals surface area contributed by atoms with Crippen molar-refractivity contribution in [2.45, 2.75) is 0 Å². The van der Waals surface area contributed by atoms with E-state index in [1.807, 2.05) is 133 Å². The van der Waals surface area contributed by atoms with Crippen LogP contribution in [0.3, 0.4) is 0 Å². The number of benzene rings is 9. The third kappa shape index (κ3) is 7.13. The molecule has 0 aliphatic heterocycles. The maximum atomic E-state index is 5.02. The monoisotopic (exact) mass is 901 g/mol. The predicted octanol–water partition coefficient (Wildman–Crippen LogP) is 15.4. The maximum absolute atomic E-state index is 5.02. The number of thiophene rings is 1. The quantitative estimate of drug-likeness (QED) is 0.151. The Morgan fingerprint density at radius 1 is 0.304 bits per heavy atom. The molecule has 0 atom stereocenters. The van der Waals surface area contributed by atoms with E-state index in [4.69, 9.17) is 29.9 Å². The van der Waals surface area contributed by atoms with Crippen molar-refractivity contribution < 1.29 is 0 Å². The molecular formula is C61H39N7S. The Kier molecular flexibility index (Phi) is 9.77. The molecule has 0 saturated heterocycles. The van der Waals surface area contributed by atoms with E-state index in [2.05, 4.69) is 109 Å². The van der Waals surface area contributed by atoms with Crippen molar-refractivity contribution in [3.05, 3.63) is 218 Å². The van der Waals surface area contributed by atoms with Crippen molar-refractivity contribution in [2.75, 3.05) is 0 Å². The zero-order valence-electron chi connectivity index (χ0n) is 37.3. The fourth-order valence-corrected chi connectivity index (χ4v) is 10.8. The number of aryl methyl sites for hydroxylation is 1. The summed E-state index contributed by atoms with van der Waals surface area (Å²) in [6.07, 6.45) is 0. The highest BCUT2D eigenvalue weighted by Crippen LogP contribution is 2.48. The van der Waals surface area contributed by atoms with E-state index in [0.717, 1.165) is 55.6 Å². The van der Waals surface area contributed by atoms with Crippen LogP contribution < -0.4 is 0 Å². The highest BCUT2D eigenvalue weighted by molar-refractivity contribution is 7.26. The number of hydrogen-bond donors (Lipinski definition) is 0. The first kappa shape index (κ1) is 40.3. The van der Waals surface area contributed by atoms with E-state index >= 15 is 0 Å². The van der Waals surface area contributed by atoms with Crippen LogP contribution in [0.5, 0.6) is 0 Å². The molecule has 0 N–H and O–H groups in total. The van der Waals surface area contributed by atoms with E-state index in [0.29, 0.717) is 34.9 Å². The molecule has 0 amide bonds. The van der Waals surface area contributed by atoms with E-state index in [9.17, 15) is 0 Å². The van der Waals surface area contributed by atoms with Crippen LogP contribution in [-0.4, -0.2) is 34.5 Å². The summed E-state index contributed by atoms with van der Waals surface area (Å²) in [5, 5.41) is 4.99. The van der Waals surface area contributed by atoms with Gasteiger partial charge in [-0.3, -0.25) is 0 Å². The molecule has 0 spiro atoms. The second-order valence-electron chi connectivity index (χ2n) is 17.1. The van der Waals surface area contributed by atoms with E-state index in [1.165, 1.54) is 42.0 Å². The van der Waals surface area contributed by atoms with Gasteiger partial charge in [0.05, 0.1) is 11.0 Å². The van der Waals surface area contributed by atoms with Crippen LogP contribution >= 0.6 is 11.3 Å². The molecule has 324 valence electrons. The van der Waals surface area contributed by atoms with Gasteiger partial charge in [0.25, 0.3) is 0 Å².